The van der Waals surface area contributed by atoms with Crippen molar-refractivity contribution in [3.8, 4) is 0 Å². The number of carbonyl (C=O) groups is 1. The van der Waals surface area contributed by atoms with Gasteiger partial charge in [0.05, 0.1) is 6.20 Å². The van der Waals surface area contributed by atoms with Gasteiger partial charge in [-0.25, -0.2) is 0 Å². The zero-order valence-electron chi connectivity index (χ0n) is 11.5. The third-order valence-electron chi connectivity index (χ3n) is 3.08. The third kappa shape index (κ3) is 3.49. The Hall–Kier alpha value is -1.01. The largest absolute Gasteiger partial charge is 0.340 e. The normalized spacial score (nSPS) is 14.3. The molecule has 2 atom stereocenters. The standard InChI is InChI=1S/C12H22N4OS/c1-5-10(8-18-4)16(3)12(17)11(13)9-6-14-15(2)7-9/h6-7,10-11H,5,8,13H2,1-4H3. The Bertz CT molecular complexity index is 393. The minimum Gasteiger partial charge on any atom is -0.340 e. The first-order chi connectivity index (χ1) is 8.51. The lowest BCUT2D eigenvalue weighted by Gasteiger charge is -2.28. The highest BCUT2D eigenvalue weighted by molar-refractivity contribution is 7.98. The minimum absolute atomic E-state index is 0.0519. The maximum atomic E-state index is 12.3. The Labute approximate surface area is 113 Å². The van der Waals surface area contributed by atoms with Crippen LogP contribution in [0.4, 0.5) is 0 Å². The van der Waals surface area contributed by atoms with E-state index < -0.39 is 6.04 Å². The van der Waals surface area contributed by atoms with Gasteiger partial charge in [0.1, 0.15) is 6.04 Å². The van der Waals surface area contributed by atoms with Gasteiger partial charge >= 0.3 is 0 Å². The number of hydrogen-bond donors (Lipinski definition) is 1. The number of carbonyl (C=O) groups excluding carboxylic acids is 1. The van der Waals surface area contributed by atoms with Crippen LogP contribution in [0, 0.1) is 0 Å². The van der Waals surface area contributed by atoms with E-state index in [1.165, 1.54) is 0 Å². The molecule has 0 aliphatic heterocycles. The Balaban J connectivity index is 2.73. The molecule has 0 fully saturated rings. The van der Waals surface area contributed by atoms with Crippen LogP contribution in [0.5, 0.6) is 0 Å². The lowest BCUT2D eigenvalue weighted by atomic mass is 10.1. The van der Waals surface area contributed by atoms with Crippen LogP contribution in [0.2, 0.25) is 0 Å². The van der Waals surface area contributed by atoms with Crippen LogP contribution in [0.25, 0.3) is 0 Å². The molecule has 0 aliphatic rings. The number of hydrogen-bond acceptors (Lipinski definition) is 4. The summed E-state index contributed by atoms with van der Waals surface area (Å²) in [5, 5.41) is 4.04. The minimum atomic E-state index is -0.625. The molecule has 18 heavy (non-hydrogen) atoms. The maximum absolute atomic E-state index is 12.3. The van der Waals surface area contributed by atoms with E-state index in [0.717, 1.165) is 17.7 Å². The number of likely N-dealkylation sites (N-methyl/N-ethyl adjacent to an activating group) is 1. The molecule has 0 aliphatic carbocycles. The Morgan fingerprint density at radius 1 is 1.67 bits per heavy atom. The van der Waals surface area contributed by atoms with Crippen LogP contribution in [0.3, 0.4) is 0 Å². The van der Waals surface area contributed by atoms with E-state index in [-0.39, 0.29) is 11.9 Å². The summed E-state index contributed by atoms with van der Waals surface area (Å²) in [6.45, 7) is 2.08. The first kappa shape index (κ1) is 15.0. The summed E-state index contributed by atoms with van der Waals surface area (Å²) in [7, 11) is 3.63. The number of amides is 1. The molecule has 1 aromatic rings. The van der Waals surface area contributed by atoms with Crippen molar-refractivity contribution < 1.29 is 4.79 Å². The molecule has 0 radical (unpaired) electrons. The van der Waals surface area contributed by atoms with Gasteiger partial charge in [-0.3, -0.25) is 9.48 Å². The van der Waals surface area contributed by atoms with Crippen LogP contribution in [-0.4, -0.2) is 45.7 Å². The summed E-state index contributed by atoms with van der Waals surface area (Å²) in [6, 6.07) is -0.394. The first-order valence-electron chi connectivity index (χ1n) is 6.01. The van der Waals surface area contributed by atoms with Crippen LogP contribution in [0.15, 0.2) is 12.4 Å². The van der Waals surface area contributed by atoms with Crippen molar-refractivity contribution in [1.82, 2.24) is 14.7 Å². The Kier molecular flexibility index (Phi) is 5.68. The van der Waals surface area contributed by atoms with E-state index in [9.17, 15) is 4.79 Å². The fourth-order valence-corrected chi connectivity index (χ4v) is 2.68. The molecule has 2 unspecified atom stereocenters. The SMILES string of the molecule is CCC(CSC)N(C)C(=O)C(N)c1cnn(C)c1. The van der Waals surface area contributed by atoms with Crippen LogP contribution in [0.1, 0.15) is 24.9 Å². The topological polar surface area (TPSA) is 64.2 Å². The highest BCUT2D eigenvalue weighted by Crippen LogP contribution is 2.16. The fourth-order valence-electron chi connectivity index (χ4n) is 1.84. The summed E-state index contributed by atoms with van der Waals surface area (Å²) in [6.07, 6.45) is 6.41. The molecule has 1 amide bonds. The lowest BCUT2D eigenvalue weighted by molar-refractivity contribution is -0.133. The van der Waals surface area contributed by atoms with Gasteiger partial charge in [0.25, 0.3) is 0 Å². The van der Waals surface area contributed by atoms with Crippen molar-refractivity contribution in [1.29, 1.82) is 0 Å². The highest BCUT2D eigenvalue weighted by atomic mass is 32.2. The predicted molar refractivity (Wildman–Crippen MR) is 75.4 cm³/mol. The van der Waals surface area contributed by atoms with Crippen molar-refractivity contribution in [3.63, 3.8) is 0 Å². The molecule has 0 aromatic carbocycles. The maximum Gasteiger partial charge on any atom is 0.244 e. The molecule has 1 aromatic heterocycles. The van der Waals surface area contributed by atoms with Gasteiger partial charge in [-0.15, -0.1) is 0 Å². The van der Waals surface area contributed by atoms with E-state index in [1.54, 1.807) is 33.7 Å². The van der Waals surface area contributed by atoms with Gasteiger partial charge < -0.3 is 10.6 Å². The van der Waals surface area contributed by atoms with Gasteiger partial charge in [0, 0.05) is 37.7 Å². The average molecular weight is 270 g/mol. The molecule has 0 saturated carbocycles. The molecule has 1 rings (SSSR count). The third-order valence-corrected chi connectivity index (χ3v) is 3.79. The lowest BCUT2D eigenvalue weighted by Crippen LogP contribution is -2.43. The van der Waals surface area contributed by atoms with Crippen LogP contribution >= 0.6 is 11.8 Å². The summed E-state index contributed by atoms with van der Waals surface area (Å²) in [5.41, 5.74) is 6.75. The van der Waals surface area contributed by atoms with Crippen molar-refractivity contribution in [2.45, 2.75) is 25.4 Å². The van der Waals surface area contributed by atoms with Gasteiger partial charge in [-0.05, 0) is 12.7 Å². The van der Waals surface area contributed by atoms with Crippen molar-refractivity contribution in [3.05, 3.63) is 18.0 Å². The second kappa shape index (κ2) is 6.80. The smallest absolute Gasteiger partial charge is 0.244 e. The average Bonchev–Trinajstić information content (AvgIpc) is 2.80. The number of rotatable bonds is 6. The molecule has 0 spiro atoms. The van der Waals surface area contributed by atoms with Crippen molar-refractivity contribution in [2.75, 3.05) is 19.1 Å². The number of aryl methyl sites for hydroxylation is 1. The molecule has 5 nitrogen and oxygen atoms in total. The molecule has 2 N–H and O–H groups in total. The predicted octanol–water partition coefficient (Wildman–Crippen LogP) is 1.02. The van der Waals surface area contributed by atoms with E-state index in [2.05, 4.69) is 12.0 Å². The van der Waals surface area contributed by atoms with Crippen molar-refractivity contribution >= 4 is 17.7 Å². The molecular weight excluding hydrogens is 248 g/mol. The number of thioether (sulfide) groups is 1. The van der Waals surface area contributed by atoms with Crippen molar-refractivity contribution in [2.24, 2.45) is 12.8 Å². The van der Waals surface area contributed by atoms with Crippen LogP contribution < -0.4 is 5.73 Å². The summed E-state index contributed by atoms with van der Waals surface area (Å²) >= 11 is 1.74. The van der Waals surface area contributed by atoms with Crippen LogP contribution in [-0.2, 0) is 11.8 Å². The Morgan fingerprint density at radius 2 is 2.33 bits per heavy atom. The molecule has 0 bridgehead atoms. The summed E-state index contributed by atoms with van der Waals surface area (Å²) in [4.78, 5) is 14.0. The zero-order chi connectivity index (χ0) is 13.7. The van der Waals surface area contributed by atoms with E-state index in [1.807, 2.05) is 20.4 Å². The second-order valence-corrected chi connectivity index (χ2v) is 5.30. The quantitative estimate of drug-likeness (QED) is 0.838. The first-order valence-corrected chi connectivity index (χ1v) is 7.40. The summed E-state index contributed by atoms with van der Waals surface area (Å²) < 4.78 is 1.65. The van der Waals surface area contributed by atoms with Gasteiger partial charge in [0.2, 0.25) is 5.91 Å². The highest BCUT2D eigenvalue weighted by Gasteiger charge is 2.25. The molecular formula is C12H22N4OS. The van der Waals surface area contributed by atoms with Gasteiger partial charge in [0.15, 0.2) is 0 Å². The zero-order valence-corrected chi connectivity index (χ0v) is 12.3. The number of nitrogens with zero attached hydrogens (tertiary/aromatic N) is 3. The summed E-state index contributed by atoms with van der Waals surface area (Å²) in [5.74, 6) is 0.877. The van der Waals surface area contributed by atoms with Gasteiger partial charge in [-0.1, -0.05) is 6.92 Å². The van der Waals surface area contributed by atoms with Gasteiger partial charge in [-0.2, -0.15) is 16.9 Å². The van der Waals surface area contributed by atoms with E-state index in [0.29, 0.717) is 0 Å². The molecule has 6 heteroatoms. The van der Waals surface area contributed by atoms with E-state index >= 15 is 0 Å². The molecule has 102 valence electrons. The Morgan fingerprint density at radius 3 is 2.78 bits per heavy atom. The number of nitrogens with two attached hydrogens (primary N) is 1. The molecule has 0 saturated heterocycles. The second-order valence-electron chi connectivity index (χ2n) is 4.39. The number of aromatic nitrogens is 2. The monoisotopic (exact) mass is 270 g/mol. The molecule has 1 heterocycles. The fraction of sp³-hybridized carbons (Fsp3) is 0.667. The van der Waals surface area contributed by atoms with E-state index in [4.69, 9.17) is 5.73 Å².